The Labute approximate surface area is 156 Å². The highest BCUT2D eigenvalue weighted by Crippen LogP contribution is 2.43. The molecule has 25 heavy (non-hydrogen) atoms. The van der Waals surface area contributed by atoms with E-state index in [9.17, 15) is 9.59 Å². The van der Waals surface area contributed by atoms with E-state index in [1.807, 2.05) is 18.2 Å². The van der Waals surface area contributed by atoms with Crippen LogP contribution in [0.5, 0.6) is 0 Å². The van der Waals surface area contributed by atoms with Gasteiger partial charge < -0.3 is 11.1 Å². The van der Waals surface area contributed by atoms with Gasteiger partial charge in [0.25, 0.3) is 0 Å². The summed E-state index contributed by atoms with van der Waals surface area (Å²) in [5.74, 6) is -0.714. The number of halogens is 2. The van der Waals surface area contributed by atoms with Crippen molar-refractivity contribution < 1.29 is 9.59 Å². The van der Waals surface area contributed by atoms with Gasteiger partial charge in [-0.25, -0.2) is 0 Å². The van der Waals surface area contributed by atoms with E-state index >= 15 is 0 Å². The van der Waals surface area contributed by atoms with Gasteiger partial charge in [0.15, 0.2) is 0 Å². The van der Waals surface area contributed by atoms with Gasteiger partial charge in [-0.1, -0.05) is 48.2 Å². The van der Waals surface area contributed by atoms with Crippen LogP contribution in [0.15, 0.2) is 42.5 Å². The fraction of sp³-hybridized carbons (Fsp3) is 0.263. The molecule has 1 aliphatic carbocycles. The van der Waals surface area contributed by atoms with E-state index in [1.54, 1.807) is 12.1 Å². The van der Waals surface area contributed by atoms with Crippen LogP contribution in [0.3, 0.4) is 0 Å². The molecule has 130 valence electrons. The number of nitrogens with two attached hydrogens (primary N) is 1. The van der Waals surface area contributed by atoms with Gasteiger partial charge in [-0.15, -0.1) is 0 Å². The number of carbonyl (C=O) groups excluding carboxylic acids is 2. The lowest BCUT2D eigenvalue weighted by Crippen LogP contribution is -2.38. The zero-order valence-electron chi connectivity index (χ0n) is 13.5. The number of hydrogen-bond donors (Lipinski definition) is 2. The first-order valence-corrected chi connectivity index (χ1v) is 8.85. The predicted octanol–water partition coefficient (Wildman–Crippen LogP) is 4.54. The summed E-state index contributed by atoms with van der Waals surface area (Å²) in [6.07, 6.45) is 3.42. The Morgan fingerprint density at radius 2 is 1.76 bits per heavy atom. The summed E-state index contributed by atoms with van der Waals surface area (Å²) in [6.45, 7) is 0. The molecule has 0 radical (unpaired) electrons. The van der Waals surface area contributed by atoms with E-state index in [4.69, 9.17) is 28.9 Å². The third-order valence-electron chi connectivity index (χ3n) is 4.77. The van der Waals surface area contributed by atoms with Crippen LogP contribution in [0, 0.1) is 0 Å². The Balaban J connectivity index is 1.95. The average Bonchev–Trinajstić information content (AvgIpc) is 3.07. The molecule has 0 aliphatic heterocycles. The number of primary amides is 1. The van der Waals surface area contributed by atoms with Gasteiger partial charge in [0.05, 0.1) is 16.1 Å². The average molecular weight is 377 g/mol. The van der Waals surface area contributed by atoms with Gasteiger partial charge in [-0.3, -0.25) is 9.59 Å². The summed E-state index contributed by atoms with van der Waals surface area (Å²) in [5.41, 5.74) is 6.25. The topological polar surface area (TPSA) is 72.2 Å². The van der Waals surface area contributed by atoms with Crippen molar-refractivity contribution in [3.63, 3.8) is 0 Å². The zero-order valence-corrected chi connectivity index (χ0v) is 15.0. The van der Waals surface area contributed by atoms with E-state index < -0.39 is 11.3 Å². The van der Waals surface area contributed by atoms with Crippen LogP contribution >= 0.6 is 23.2 Å². The van der Waals surface area contributed by atoms with E-state index in [2.05, 4.69) is 5.32 Å². The van der Waals surface area contributed by atoms with Gasteiger partial charge >= 0.3 is 0 Å². The first kappa shape index (κ1) is 17.8. The van der Waals surface area contributed by atoms with Gasteiger partial charge in [0, 0.05) is 10.6 Å². The molecule has 0 atom stereocenters. The van der Waals surface area contributed by atoms with Crippen molar-refractivity contribution in [2.75, 3.05) is 5.32 Å². The fourth-order valence-electron chi connectivity index (χ4n) is 3.43. The first-order valence-electron chi connectivity index (χ1n) is 8.09. The van der Waals surface area contributed by atoms with Crippen LogP contribution in [0.2, 0.25) is 10.0 Å². The monoisotopic (exact) mass is 376 g/mol. The van der Waals surface area contributed by atoms with Gasteiger partial charge in [-0.05, 0) is 48.7 Å². The Hall–Kier alpha value is -2.04. The van der Waals surface area contributed by atoms with Crippen molar-refractivity contribution >= 4 is 40.7 Å². The molecule has 2 aromatic rings. The highest BCUT2D eigenvalue weighted by atomic mass is 35.5. The minimum absolute atomic E-state index is 0.143. The standard InChI is InChI=1S/C19H18Cl2N2O2/c20-14-5-3-4-13(11-14)19(8-1-2-9-19)18(25)23-16-10-12(17(22)24)6-7-15(16)21/h3-7,10-11H,1-2,8-9H2,(H2,22,24)(H,23,25). The van der Waals surface area contributed by atoms with E-state index in [1.165, 1.54) is 12.1 Å². The molecule has 0 bridgehead atoms. The maximum atomic E-state index is 13.2. The molecular weight excluding hydrogens is 359 g/mol. The number of carbonyl (C=O) groups is 2. The molecule has 1 fully saturated rings. The number of benzene rings is 2. The molecule has 0 unspecified atom stereocenters. The van der Waals surface area contributed by atoms with Crippen molar-refractivity contribution in [1.29, 1.82) is 0 Å². The minimum Gasteiger partial charge on any atom is -0.366 e. The molecule has 3 N–H and O–H groups in total. The third kappa shape index (κ3) is 3.51. The summed E-state index contributed by atoms with van der Waals surface area (Å²) in [4.78, 5) is 24.5. The molecule has 3 rings (SSSR count). The third-order valence-corrected chi connectivity index (χ3v) is 5.33. The van der Waals surface area contributed by atoms with Crippen LogP contribution in [0.4, 0.5) is 5.69 Å². The van der Waals surface area contributed by atoms with Gasteiger partial charge in [-0.2, -0.15) is 0 Å². The molecule has 0 spiro atoms. The number of nitrogens with one attached hydrogen (secondary N) is 1. The van der Waals surface area contributed by atoms with Crippen LogP contribution < -0.4 is 11.1 Å². The van der Waals surface area contributed by atoms with Gasteiger partial charge in [0.2, 0.25) is 11.8 Å². The second-order valence-corrected chi connectivity index (χ2v) is 7.16. The predicted molar refractivity (Wildman–Crippen MR) is 100 cm³/mol. The quantitative estimate of drug-likeness (QED) is 0.821. The molecule has 2 amide bonds. The lowest BCUT2D eigenvalue weighted by molar-refractivity contribution is -0.121. The van der Waals surface area contributed by atoms with Crippen molar-refractivity contribution in [2.45, 2.75) is 31.1 Å². The molecule has 1 saturated carbocycles. The molecule has 6 heteroatoms. The first-order chi connectivity index (χ1) is 11.9. The molecule has 2 aromatic carbocycles. The van der Waals surface area contributed by atoms with Crippen LogP contribution in [0.1, 0.15) is 41.6 Å². The lowest BCUT2D eigenvalue weighted by atomic mass is 9.78. The molecule has 0 aromatic heterocycles. The van der Waals surface area contributed by atoms with Gasteiger partial charge in [0.1, 0.15) is 0 Å². The van der Waals surface area contributed by atoms with Crippen LogP contribution in [-0.4, -0.2) is 11.8 Å². The lowest BCUT2D eigenvalue weighted by Gasteiger charge is -2.28. The molecule has 4 nitrogen and oxygen atoms in total. The molecule has 0 saturated heterocycles. The molecule has 0 heterocycles. The Morgan fingerprint density at radius 1 is 1.04 bits per heavy atom. The minimum atomic E-state index is -0.642. The van der Waals surface area contributed by atoms with Crippen LogP contribution in [0.25, 0.3) is 0 Å². The molecule has 1 aliphatic rings. The van der Waals surface area contributed by atoms with E-state index in [0.717, 1.165) is 31.2 Å². The Bertz CT molecular complexity index is 830. The van der Waals surface area contributed by atoms with E-state index in [0.29, 0.717) is 21.3 Å². The summed E-state index contributed by atoms with van der Waals surface area (Å²) in [7, 11) is 0. The highest BCUT2D eigenvalue weighted by Gasteiger charge is 2.43. The van der Waals surface area contributed by atoms with Crippen molar-refractivity contribution in [2.24, 2.45) is 5.73 Å². The SMILES string of the molecule is NC(=O)c1ccc(Cl)c(NC(=O)C2(c3cccc(Cl)c3)CCCC2)c1. The summed E-state index contributed by atoms with van der Waals surface area (Å²) < 4.78 is 0. The maximum Gasteiger partial charge on any atom is 0.248 e. The summed E-state index contributed by atoms with van der Waals surface area (Å²) in [5, 5.41) is 3.85. The highest BCUT2D eigenvalue weighted by molar-refractivity contribution is 6.34. The number of hydrogen-bond acceptors (Lipinski definition) is 2. The summed E-state index contributed by atoms with van der Waals surface area (Å²) in [6, 6.07) is 12.0. The second kappa shape index (κ2) is 7.06. The smallest absolute Gasteiger partial charge is 0.248 e. The Morgan fingerprint density at radius 3 is 2.40 bits per heavy atom. The normalized spacial score (nSPS) is 15.8. The van der Waals surface area contributed by atoms with Crippen molar-refractivity contribution in [1.82, 2.24) is 0 Å². The van der Waals surface area contributed by atoms with Crippen LogP contribution in [-0.2, 0) is 10.2 Å². The van der Waals surface area contributed by atoms with E-state index in [-0.39, 0.29) is 5.91 Å². The largest absolute Gasteiger partial charge is 0.366 e. The molecular formula is C19H18Cl2N2O2. The second-order valence-electron chi connectivity index (χ2n) is 6.31. The maximum absolute atomic E-state index is 13.2. The van der Waals surface area contributed by atoms with Crippen molar-refractivity contribution in [3.05, 3.63) is 63.6 Å². The number of amides is 2. The summed E-state index contributed by atoms with van der Waals surface area (Å²) >= 11 is 12.3. The van der Waals surface area contributed by atoms with Crippen molar-refractivity contribution in [3.8, 4) is 0 Å². The Kier molecular flexibility index (Phi) is 5.02. The zero-order chi connectivity index (χ0) is 18.0. The number of anilines is 1. The fourth-order valence-corrected chi connectivity index (χ4v) is 3.78. The number of rotatable bonds is 4.